The first-order valence-electron chi connectivity index (χ1n) is 7.20. The summed E-state index contributed by atoms with van der Waals surface area (Å²) in [5.74, 6) is 1.41. The Morgan fingerprint density at radius 2 is 2.08 bits per heavy atom. The number of methoxy groups -OCH3 is 1. The van der Waals surface area contributed by atoms with E-state index in [1.165, 1.54) is 19.2 Å². The van der Waals surface area contributed by atoms with E-state index in [1.54, 1.807) is 12.3 Å². The van der Waals surface area contributed by atoms with Crippen molar-refractivity contribution in [2.75, 3.05) is 30.8 Å². The monoisotopic (exact) mass is 413 g/mol. The number of rotatable bonds is 1. The highest BCUT2D eigenvalue weighted by molar-refractivity contribution is 9.10. The number of sulfonamides is 1. The van der Waals surface area contributed by atoms with Gasteiger partial charge in [0.2, 0.25) is 16.0 Å². The molecule has 1 aliphatic rings. The van der Waals surface area contributed by atoms with E-state index in [0.717, 1.165) is 4.47 Å². The minimum Gasteiger partial charge on any atom is -0.497 e. The second-order valence-corrected chi connectivity index (χ2v) is 7.71. The van der Waals surface area contributed by atoms with Crippen LogP contribution in [0.15, 0.2) is 33.8 Å². The summed E-state index contributed by atoms with van der Waals surface area (Å²) in [6.07, 6.45) is 2.24. The first-order chi connectivity index (χ1) is 11.5. The zero-order chi connectivity index (χ0) is 17.2. The van der Waals surface area contributed by atoms with Crippen molar-refractivity contribution in [2.24, 2.45) is 0 Å². The molecule has 3 rings (SSSR count). The van der Waals surface area contributed by atoms with Crippen LogP contribution in [0.1, 0.15) is 6.42 Å². The fraction of sp³-hybridized carbons (Fsp3) is 0.286. The number of anilines is 3. The van der Waals surface area contributed by atoms with Crippen LogP contribution in [-0.4, -0.2) is 38.6 Å². The Bertz CT molecular complexity index is 859. The number of nitrogens with zero attached hydrogens (tertiary/aromatic N) is 2. The highest BCUT2D eigenvalue weighted by Gasteiger charge is 2.17. The van der Waals surface area contributed by atoms with Crippen molar-refractivity contribution in [3.05, 3.63) is 28.9 Å². The van der Waals surface area contributed by atoms with Crippen LogP contribution in [0.2, 0.25) is 0 Å². The lowest BCUT2D eigenvalue weighted by molar-refractivity contribution is 0.413. The molecule has 128 valence electrons. The molecule has 0 fully saturated rings. The Labute approximate surface area is 148 Å². The smallest absolute Gasteiger partial charge is 0.240 e. The van der Waals surface area contributed by atoms with Crippen LogP contribution in [-0.2, 0) is 10.0 Å². The second kappa shape index (κ2) is 6.91. The predicted octanol–water partition coefficient (Wildman–Crippen LogP) is 2.09. The predicted molar refractivity (Wildman–Crippen MR) is 94.3 cm³/mol. The van der Waals surface area contributed by atoms with Crippen molar-refractivity contribution in [2.45, 2.75) is 11.3 Å². The summed E-state index contributed by atoms with van der Waals surface area (Å²) in [5, 5.41) is 6.16. The molecule has 2 aromatic rings. The van der Waals surface area contributed by atoms with Gasteiger partial charge in [0.15, 0.2) is 0 Å². The molecule has 1 aromatic carbocycles. The molecule has 4 bridgehead atoms. The third-order valence-corrected chi connectivity index (χ3v) is 5.39. The van der Waals surface area contributed by atoms with Gasteiger partial charge in [-0.25, -0.2) is 18.1 Å². The van der Waals surface area contributed by atoms with E-state index < -0.39 is 10.0 Å². The molecule has 0 unspecified atom stereocenters. The van der Waals surface area contributed by atoms with Crippen LogP contribution < -0.4 is 20.1 Å². The van der Waals surface area contributed by atoms with Crippen LogP contribution in [0.25, 0.3) is 0 Å². The summed E-state index contributed by atoms with van der Waals surface area (Å²) in [6, 6.07) is 4.66. The zero-order valence-electron chi connectivity index (χ0n) is 12.8. The van der Waals surface area contributed by atoms with Gasteiger partial charge in [0.05, 0.1) is 16.5 Å². The van der Waals surface area contributed by atoms with Crippen molar-refractivity contribution < 1.29 is 13.2 Å². The minimum atomic E-state index is -3.62. The van der Waals surface area contributed by atoms with E-state index in [4.69, 9.17) is 4.74 Å². The number of nitrogens with one attached hydrogen (secondary N) is 3. The summed E-state index contributed by atoms with van der Waals surface area (Å²) in [5.41, 5.74) is 0.516. The van der Waals surface area contributed by atoms with Gasteiger partial charge in [-0.3, -0.25) is 0 Å². The van der Waals surface area contributed by atoms with Gasteiger partial charge in [-0.05, 0) is 28.4 Å². The highest BCUT2D eigenvalue weighted by atomic mass is 79.9. The van der Waals surface area contributed by atoms with E-state index in [2.05, 4.69) is 41.3 Å². The summed E-state index contributed by atoms with van der Waals surface area (Å²) < 4.78 is 33.4. The van der Waals surface area contributed by atoms with Crippen molar-refractivity contribution in [3.63, 3.8) is 0 Å². The molecule has 0 aliphatic carbocycles. The number of benzene rings is 1. The van der Waals surface area contributed by atoms with Crippen molar-refractivity contribution in [1.29, 1.82) is 0 Å². The molecular formula is C14H16BrN5O3S. The van der Waals surface area contributed by atoms with Crippen LogP contribution in [0.5, 0.6) is 5.75 Å². The van der Waals surface area contributed by atoms with Gasteiger partial charge < -0.3 is 15.4 Å². The molecular weight excluding hydrogens is 398 g/mol. The van der Waals surface area contributed by atoms with Gasteiger partial charge in [0.25, 0.3) is 0 Å². The molecule has 1 aromatic heterocycles. The Morgan fingerprint density at radius 3 is 2.88 bits per heavy atom. The first kappa shape index (κ1) is 16.9. The average Bonchev–Trinajstić information content (AvgIpc) is 2.56. The number of halogens is 1. The van der Waals surface area contributed by atoms with Gasteiger partial charge in [0, 0.05) is 37.1 Å². The summed E-state index contributed by atoms with van der Waals surface area (Å²) in [7, 11) is -2.14. The normalized spacial score (nSPS) is 16.6. The lowest BCUT2D eigenvalue weighted by atomic mass is 10.3. The van der Waals surface area contributed by atoms with Crippen molar-refractivity contribution >= 4 is 43.4 Å². The van der Waals surface area contributed by atoms with E-state index in [9.17, 15) is 8.42 Å². The van der Waals surface area contributed by atoms with Crippen LogP contribution >= 0.6 is 15.9 Å². The van der Waals surface area contributed by atoms with Crippen LogP contribution in [0.4, 0.5) is 17.5 Å². The number of ether oxygens (including phenoxy) is 1. The van der Waals surface area contributed by atoms with Gasteiger partial charge in [-0.2, -0.15) is 4.98 Å². The highest BCUT2D eigenvalue weighted by Crippen LogP contribution is 2.27. The van der Waals surface area contributed by atoms with E-state index in [-0.39, 0.29) is 4.90 Å². The zero-order valence-corrected chi connectivity index (χ0v) is 15.2. The number of aromatic nitrogens is 2. The molecule has 0 radical (unpaired) electrons. The molecule has 2 heterocycles. The van der Waals surface area contributed by atoms with E-state index in [1.807, 2.05) is 0 Å². The van der Waals surface area contributed by atoms with Crippen molar-refractivity contribution in [1.82, 2.24) is 14.7 Å². The Hall–Kier alpha value is -1.91. The molecule has 1 aliphatic heterocycles. The first-order valence-corrected chi connectivity index (χ1v) is 9.48. The van der Waals surface area contributed by atoms with Gasteiger partial charge in [-0.1, -0.05) is 0 Å². The molecule has 0 saturated carbocycles. The van der Waals surface area contributed by atoms with Crippen LogP contribution in [0.3, 0.4) is 0 Å². The Morgan fingerprint density at radius 1 is 1.25 bits per heavy atom. The number of fused-ring (bicyclic) bond motifs is 4. The number of hydrogen-bond acceptors (Lipinski definition) is 7. The third kappa shape index (κ3) is 3.77. The maximum Gasteiger partial charge on any atom is 0.240 e. The van der Waals surface area contributed by atoms with Gasteiger partial charge in [0.1, 0.15) is 11.6 Å². The van der Waals surface area contributed by atoms with Crippen molar-refractivity contribution in [3.8, 4) is 5.75 Å². The average molecular weight is 414 g/mol. The number of hydrogen-bond donors (Lipinski definition) is 3. The van der Waals surface area contributed by atoms with Crippen LogP contribution in [0, 0.1) is 0 Å². The van der Waals surface area contributed by atoms with Gasteiger partial charge in [-0.15, -0.1) is 0 Å². The Balaban J connectivity index is 2.08. The summed E-state index contributed by atoms with van der Waals surface area (Å²) >= 11 is 3.39. The maximum atomic E-state index is 12.4. The lowest BCUT2D eigenvalue weighted by Crippen LogP contribution is -2.26. The van der Waals surface area contributed by atoms with E-state index in [0.29, 0.717) is 42.7 Å². The quantitative estimate of drug-likeness (QED) is 0.656. The van der Waals surface area contributed by atoms with E-state index >= 15 is 0 Å². The standard InChI is InChI=1S/C14H16BrN5O3S/c1-23-10-5-9-6-11(7-10)24(21,22)18-4-2-3-16-13-12(15)8-17-14(19-9)20-13/h5-8,18H,2-4H2,1H3,(H2,16,17,19,20). The molecule has 0 atom stereocenters. The molecule has 24 heavy (non-hydrogen) atoms. The molecule has 0 saturated heterocycles. The SMILES string of the molecule is COc1cc2cc(c1)S(=O)(=O)NCCCNc1nc(ncc1Br)N2. The minimum absolute atomic E-state index is 0.119. The fourth-order valence-corrected chi connectivity index (χ4v) is 3.65. The second-order valence-electron chi connectivity index (χ2n) is 5.09. The molecule has 8 nitrogen and oxygen atoms in total. The molecule has 0 amide bonds. The summed E-state index contributed by atoms with van der Waals surface area (Å²) in [4.78, 5) is 8.70. The fourth-order valence-electron chi connectivity index (χ4n) is 2.18. The third-order valence-electron chi connectivity index (χ3n) is 3.36. The maximum absolute atomic E-state index is 12.4. The molecule has 10 heteroatoms. The topological polar surface area (TPSA) is 105 Å². The molecule has 3 N–H and O–H groups in total. The molecule has 0 spiro atoms. The lowest BCUT2D eigenvalue weighted by Gasteiger charge is -2.11. The largest absolute Gasteiger partial charge is 0.497 e. The summed E-state index contributed by atoms with van der Waals surface area (Å²) in [6.45, 7) is 0.878. The van der Waals surface area contributed by atoms with Gasteiger partial charge >= 0.3 is 0 Å². The Kier molecular flexibility index (Phi) is 4.88.